The van der Waals surface area contributed by atoms with E-state index < -0.39 is 0 Å². The minimum absolute atomic E-state index is 0.453. The van der Waals surface area contributed by atoms with Gasteiger partial charge in [-0.3, -0.25) is 0 Å². The zero-order valence-corrected chi connectivity index (χ0v) is 15.2. The predicted molar refractivity (Wildman–Crippen MR) is 102 cm³/mol. The van der Waals surface area contributed by atoms with Crippen LogP contribution in [0.15, 0.2) is 30.3 Å². The molecule has 0 fully saturated rings. The molecule has 1 aromatic carbocycles. The van der Waals surface area contributed by atoms with Crippen LogP contribution in [0.4, 0.5) is 11.4 Å². The summed E-state index contributed by atoms with van der Waals surface area (Å²) in [5.74, 6) is 1.92. The quantitative estimate of drug-likeness (QED) is 0.478. The number of unbranched alkanes of at least 4 members (excludes halogenated alkanes) is 3. The van der Waals surface area contributed by atoms with Crippen molar-refractivity contribution in [3.63, 3.8) is 0 Å². The SMILES string of the molecule is Cc1nc(Oc2ccccc2)c(N)c(NCCCCCCCl)c1C. The number of nitrogens with two attached hydrogens (primary N) is 1. The first-order chi connectivity index (χ1) is 11.6. The second-order valence-corrected chi connectivity index (χ2v) is 6.24. The number of halogens is 1. The number of nitrogens with zero attached hydrogens (tertiary/aromatic N) is 1. The molecule has 130 valence electrons. The van der Waals surface area contributed by atoms with E-state index in [9.17, 15) is 0 Å². The zero-order valence-electron chi connectivity index (χ0n) is 14.4. The average Bonchev–Trinajstić information content (AvgIpc) is 2.59. The second kappa shape index (κ2) is 9.38. The molecule has 2 rings (SSSR count). The van der Waals surface area contributed by atoms with Gasteiger partial charge in [0, 0.05) is 18.1 Å². The minimum Gasteiger partial charge on any atom is -0.437 e. The maximum atomic E-state index is 6.30. The monoisotopic (exact) mass is 347 g/mol. The van der Waals surface area contributed by atoms with E-state index >= 15 is 0 Å². The number of pyridine rings is 1. The maximum Gasteiger partial charge on any atom is 0.245 e. The molecule has 0 aliphatic carbocycles. The Kier molecular flexibility index (Phi) is 7.19. The molecule has 0 bridgehead atoms. The topological polar surface area (TPSA) is 60.2 Å². The largest absolute Gasteiger partial charge is 0.437 e. The van der Waals surface area contributed by atoms with Crippen LogP contribution < -0.4 is 15.8 Å². The molecule has 1 aromatic heterocycles. The molecule has 0 unspecified atom stereocenters. The lowest BCUT2D eigenvalue weighted by Gasteiger charge is -2.17. The van der Waals surface area contributed by atoms with Crippen LogP contribution in [0.3, 0.4) is 0 Å². The molecule has 0 aliphatic rings. The highest BCUT2D eigenvalue weighted by Crippen LogP contribution is 2.35. The lowest BCUT2D eigenvalue weighted by atomic mass is 10.1. The number of rotatable bonds is 9. The summed E-state index contributed by atoms with van der Waals surface area (Å²) in [6, 6.07) is 9.57. The highest BCUT2D eigenvalue weighted by atomic mass is 35.5. The standard InChI is InChI=1S/C19H26ClN3O/c1-14-15(2)23-19(24-16-10-6-5-7-11-16)17(21)18(14)22-13-9-4-3-8-12-20/h5-7,10-11H,3-4,8-9,12-13,21H2,1-2H3,(H,22,23). The van der Waals surface area contributed by atoms with Crippen molar-refractivity contribution >= 4 is 23.0 Å². The Hall–Kier alpha value is -1.94. The fourth-order valence-corrected chi connectivity index (χ4v) is 2.67. The highest BCUT2D eigenvalue weighted by molar-refractivity contribution is 6.17. The van der Waals surface area contributed by atoms with Crippen molar-refractivity contribution in [3.8, 4) is 11.6 Å². The van der Waals surface area contributed by atoms with E-state index in [1.54, 1.807) is 0 Å². The molecular formula is C19H26ClN3O. The summed E-state index contributed by atoms with van der Waals surface area (Å²) in [7, 11) is 0. The number of nitrogen functional groups attached to an aromatic ring is 1. The number of benzene rings is 1. The minimum atomic E-state index is 0.453. The van der Waals surface area contributed by atoms with Crippen molar-refractivity contribution in [2.24, 2.45) is 0 Å². The summed E-state index contributed by atoms with van der Waals surface area (Å²) in [4.78, 5) is 4.50. The molecule has 0 spiro atoms. The smallest absolute Gasteiger partial charge is 0.245 e. The molecule has 1 heterocycles. The van der Waals surface area contributed by atoms with Gasteiger partial charge < -0.3 is 15.8 Å². The third-order valence-electron chi connectivity index (χ3n) is 4.01. The Bertz CT molecular complexity index is 647. The van der Waals surface area contributed by atoms with Crippen LogP contribution in [0.25, 0.3) is 0 Å². The molecular weight excluding hydrogens is 322 g/mol. The third kappa shape index (κ3) is 5.03. The molecule has 0 atom stereocenters. The molecule has 24 heavy (non-hydrogen) atoms. The summed E-state index contributed by atoms with van der Waals surface area (Å²) in [5.41, 5.74) is 9.76. The molecule has 0 aliphatic heterocycles. The average molecular weight is 348 g/mol. The number of hydrogen-bond acceptors (Lipinski definition) is 4. The molecule has 3 N–H and O–H groups in total. The molecule has 0 saturated heterocycles. The molecule has 5 heteroatoms. The molecule has 2 aromatic rings. The normalized spacial score (nSPS) is 10.6. The zero-order chi connectivity index (χ0) is 17.4. The number of hydrogen-bond donors (Lipinski definition) is 2. The van der Waals surface area contributed by atoms with Gasteiger partial charge in [-0.25, -0.2) is 4.98 Å². The van der Waals surface area contributed by atoms with Crippen LogP contribution >= 0.6 is 11.6 Å². The molecule has 0 radical (unpaired) electrons. The van der Waals surface area contributed by atoms with Gasteiger partial charge in [0.05, 0.1) is 5.69 Å². The molecule has 4 nitrogen and oxygen atoms in total. The number of ether oxygens (including phenoxy) is 1. The van der Waals surface area contributed by atoms with E-state index in [1.807, 2.05) is 44.2 Å². The number of aryl methyl sites for hydroxylation is 1. The summed E-state index contributed by atoms with van der Waals surface area (Å²) in [6.45, 7) is 4.88. The van der Waals surface area contributed by atoms with Gasteiger partial charge in [0.25, 0.3) is 0 Å². The van der Waals surface area contributed by atoms with Gasteiger partial charge in [-0.05, 0) is 44.4 Å². The van der Waals surface area contributed by atoms with Crippen LogP contribution in [-0.4, -0.2) is 17.4 Å². The first-order valence-corrected chi connectivity index (χ1v) is 8.96. The molecule has 0 saturated carbocycles. The van der Waals surface area contributed by atoms with Crippen molar-refractivity contribution in [2.45, 2.75) is 39.5 Å². The van der Waals surface area contributed by atoms with E-state index in [2.05, 4.69) is 10.3 Å². The van der Waals surface area contributed by atoms with Gasteiger partial charge in [0.2, 0.25) is 5.88 Å². The Morgan fingerprint density at radius 2 is 1.79 bits per heavy atom. The Morgan fingerprint density at radius 1 is 1.08 bits per heavy atom. The lowest BCUT2D eigenvalue weighted by Crippen LogP contribution is -2.09. The fraction of sp³-hybridized carbons (Fsp3) is 0.421. The van der Waals surface area contributed by atoms with Gasteiger partial charge in [-0.2, -0.15) is 0 Å². The second-order valence-electron chi connectivity index (χ2n) is 5.86. The van der Waals surface area contributed by atoms with Crippen molar-refractivity contribution in [2.75, 3.05) is 23.5 Å². The number of aromatic nitrogens is 1. The van der Waals surface area contributed by atoms with Crippen molar-refractivity contribution in [1.82, 2.24) is 4.98 Å². The van der Waals surface area contributed by atoms with E-state index in [0.29, 0.717) is 11.6 Å². The molecule has 0 amide bonds. The van der Waals surface area contributed by atoms with Crippen molar-refractivity contribution in [3.05, 3.63) is 41.6 Å². The first-order valence-electron chi connectivity index (χ1n) is 8.43. The lowest BCUT2D eigenvalue weighted by molar-refractivity contribution is 0.464. The third-order valence-corrected chi connectivity index (χ3v) is 4.27. The Morgan fingerprint density at radius 3 is 2.50 bits per heavy atom. The Labute approximate surface area is 149 Å². The van der Waals surface area contributed by atoms with Crippen LogP contribution in [0.2, 0.25) is 0 Å². The Balaban J connectivity index is 2.07. The van der Waals surface area contributed by atoms with Crippen molar-refractivity contribution in [1.29, 1.82) is 0 Å². The van der Waals surface area contributed by atoms with Gasteiger partial charge in [-0.1, -0.05) is 31.0 Å². The number of anilines is 2. The summed E-state index contributed by atoms with van der Waals surface area (Å²) >= 11 is 5.70. The first kappa shape index (κ1) is 18.4. The summed E-state index contributed by atoms with van der Waals surface area (Å²) in [6.07, 6.45) is 4.49. The fourth-order valence-electron chi connectivity index (χ4n) is 2.48. The van der Waals surface area contributed by atoms with Crippen LogP contribution in [0.1, 0.15) is 36.9 Å². The van der Waals surface area contributed by atoms with Crippen LogP contribution in [0.5, 0.6) is 11.6 Å². The van der Waals surface area contributed by atoms with Crippen molar-refractivity contribution < 1.29 is 4.74 Å². The number of para-hydroxylation sites is 1. The predicted octanol–water partition coefficient (Wildman–Crippen LogP) is 5.28. The van der Waals surface area contributed by atoms with E-state index in [1.165, 1.54) is 0 Å². The van der Waals surface area contributed by atoms with Gasteiger partial charge >= 0.3 is 0 Å². The maximum absolute atomic E-state index is 6.30. The van der Waals surface area contributed by atoms with E-state index in [-0.39, 0.29) is 0 Å². The summed E-state index contributed by atoms with van der Waals surface area (Å²) in [5, 5.41) is 3.45. The van der Waals surface area contributed by atoms with Gasteiger partial charge in [0.15, 0.2) is 0 Å². The van der Waals surface area contributed by atoms with E-state index in [4.69, 9.17) is 22.1 Å². The number of nitrogens with one attached hydrogen (secondary N) is 1. The number of alkyl halides is 1. The van der Waals surface area contributed by atoms with E-state index in [0.717, 1.165) is 60.8 Å². The van der Waals surface area contributed by atoms with Gasteiger partial charge in [0.1, 0.15) is 11.4 Å². The van der Waals surface area contributed by atoms with Crippen LogP contribution in [-0.2, 0) is 0 Å². The van der Waals surface area contributed by atoms with Crippen LogP contribution in [0, 0.1) is 13.8 Å². The summed E-state index contributed by atoms with van der Waals surface area (Å²) < 4.78 is 5.85. The highest BCUT2D eigenvalue weighted by Gasteiger charge is 2.14. The van der Waals surface area contributed by atoms with Gasteiger partial charge in [-0.15, -0.1) is 11.6 Å².